The number of aromatic nitrogens is 1. The maximum absolute atomic E-state index is 14.8. The number of hydrogen-bond acceptors (Lipinski definition) is 3. The van der Waals surface area contributed by atoms with Crippen molar-refractivity contribution in [3.05, 3.63) is 96.0 Å². The molecule has 0 fully saturated rings. The summed E-state index contributed by atoms with van der Waals surface area (Å²) in [7, 11) is -3.53. The Labute approximate surface area is 171 Å². The maximum Gasteiger partial charge on any atom is 0.244 e. The van der Waals surface area contributed by atoms with E-state index in [4.69, 9.17) is 0 Å². The van der Waals surface area contributed by atoms with Crippen LogP contribution in [0.2, 0.25) is 0 Å². The smallest absolute Gasteiger partial charge is 0.244 e. The Hall–Kier alpha value is -2.91. The van der Waals surface area contributed by atoms with Gasteiger partial charge in [-0.05, 0) is 19.9 Å². The van der Waals surface area contributed by atoms with E-state index in [9.17, 15) is 14.6 Å². The molecule has 0 radical (unpaired) electrons. The zero-order chi connectivity index (χ0) is 20.9. The topological polar surface area (TPSA) is 64.3 Å². The fourth-order valence-corrected chi connectivity index (χ4v) is 6.75. The maximum atomic E-state index is 14.8. The highest BCUT2D eigenvalue weighted by Gasteiger charge is 2.47. The molecule has 1 unspecified atom stereocenters. The highest BCUT2D eigenvalue weighted by atomic mass is 31.2. The first-order valence-corrected chi connectivity index (χ1v) is 11.5. The molecule has 0 N–H and O–H groups in total. The molecule has 0 aliphatic heterocycles. The molecule has 3 rings (SSSR count). The minimum absolute atomic E-state index is 0.195. The molecule has 0 aliphatic rings. The summed E-state index contributed by atoms with van der Waals surface area (Å²) >= 11 is 0. The number of nitrogens with zero attached hydrogens (tertiary/aromatic N) is 2. The van der Waals surface area contributed by atoms with Gasteiger partial charge in [-0.15, -0.1) is 0 Å². The fourth-order valence-electron chi connectivity index (χ4n) is 3.58. The number of benzene rings is 2. The van der Waals surface area contributed by atoms with Gasteiger partial charge in [-0.1, -0.05) is 60.7 Å². The second kappa shape index (κ2) is 9.06. The lowest BCUT2D eigenvalue weighted by molar-refractivity contribution is -0.613. The molecule has 3 aromatic rings. The van der Waals surface area contributed by atoms with Crippen LogP contribution in [0.1, 0.15) is 25.2 Å². The molecule has 0 aliphatic carbocycles. The van der Waals surface area contributed by atoms with Crippen molar-refractivity contribution in [3.8, 4) is 0 Å². The number of likely N-dealkylation sites (N-methyl/N-ethyl adjacent to an activating group) is 1. The lowest BCUT2D eigenvalue weighted by atomic mass is 10.2. The average molecular weight is 408 g/mol. The Bertz CT molecular complexity index is 961. The van der Waals surface area contributed by atoms with Gasteiger partial charge in [-0.3, -0.25) is 4.79 Å². The molecule has 1 aromatic heterocycles. The monoisotopic (exact) mass is 408 g/mol. The Morgan fingerprint density at radius 1 is 0.897 bits per heavy atom. The normalized spacial score (nSPS) is 12.3. The molecular weight excluding hydrogens is 383 g/mol. The van der Waals surface area contributed by atoms with E-state index in [0.717, 1.165) is 0 Å². The lowest BCUT2D eigenvalue weighted by Crippen LogP contribution is -2.43. The quantitative estimate of drug-likeness (QED) is 0.343. The highest BCUT2D eigenvalue weighted by Crippen LogP contribution is 2.57. The zero-order valence-electron chi connectivity index (χ0n) is 16.6. The van der Waals surface area contributed by atoms with E-state index < -0.39 is 12.8 Å². The van der Waals surface area contributed by atoms with E-state index in [-0.39, 0.29) is 11.6 Å². The highest BCUT2D eigenvalue weighted by molar-refractivity contribution is 7.79. The summed E-state index contributed by atoms with van der Waals surface area (Å²) in [6, 6.07) is 22.9. The van der Waals surface area contributed by atoms with Crippen LogP contribution in [0.4, 0.5) is 0 Å². The van der Waals surface area contributed by atoms with Crippen LogP contribution in [0.15, 0.2) is 85.1 Å². The van der Waals surface area contributed by atoms with E-state index in [0.29, 0.717) is 28.4 Å². The SMILES string of the molecule is CCN(CC)C(=O)C(c1cccc[n+]1[O-])P(=O)(c1ccccc1)c1ccccc1. The van der Waals surface area contributed by atoms with Crippen LogP contribution in [0.5, 0.6) is 0 Å². The lowest BCUT2D eigenvalue weighted by Gasteiger charge is -2.30. The van der Waals surface area contributed by atoms with Crippen molar-refractivity contribution >= 4 is 23.7 Å². The van der Waals surface area contributed by atoms with Crippen molar-refractivity contribution in [1.82, 2.24) is 4.90 Å². The summed E-state index contributed by atoms with van der Waals surface area (Å²) in [4.78, 5) is 15.3. The number of amides is 1. The molecule has 150 valence electrons. The summed E-state index contributed by atoms with van der Waals surface area (Å²) in [5.41, 5.74) is -0.911. The van der Waals surface area contributed by atoms with E-state index in [1.807, 2.05) is 26.0 Å². The summed E-state index contributed by atoms with van der Waals surface area (Å²) in [6.07, 6.45) is 1.35. The molecule has 0 saturated carbocycles. The standard InChI is InChI=1S/C23H25N2O3P/c1-3-24(4-2)23(26)22(21-17-11-12-18-25(21)27)29(28,19-13-7-5-8-14-19)20-15-9-6-10-16-20/h5-18,22H,3-4H2,1-2H3. The Morgan fingerprint density at radius 3 is 1.83 bits per heavy atom. The van der Waals surface area contributed by atoms with Crippen molar-refractivity contribution in [2.45, 2.75) is 19.5 Å². The third-order valence-corrected chi connectivity index (χ3v) is 8.43. The molecule has 1 atom stereocenters. The zero-order valence-corrected chi connectivity index (χ0v) is 17.5. The molecule has 2 aromatic carbocycles. The van der Waals surface area contributed by atoms with Gasteiger partial charge in [-0.2, -0.15) is 4.73 Å². The number of carbonyl (C=O) groups excluding carboxylic acids is 1. The molecule has 0 bridgehead atoms. The van der Waals surface area contributed by atoms with Crippen molar-refractivity contribution in [1.29, 1.82) is 0 Å². The predicted octanol–water partition coefficient (Wildman–Crippen LogP) is 3.24. The third-order valence-electron chi connectivity index (χ3n) is 5.09. The number of hydrogen-bond donors (Lipinski definition) is 0. The second-order valence-corrected chi connectivity index (χ2v) is 9.56. The third kappa shape index (κ3) is 3.96. The van der Waals surface area contributed by atoms with Crippen molar-refractivity contribution in [2.75, 3.05) is 13.1 Å². The Balaban J connectivity index is 2.34. The van der Waals surface area contributed by atoms with Crippen LogP contribution < -0.4 is 15.3 Å². The van der Waals surface area contributed by atoms with Gasteiger partial charge in [-0.25, -0.2) is 0 Å². The van der Waals surface area contributed by atoms with E-state index in [2.05, 4.69) is 0 Å². The largest absolute Gasteiger partial charge is 0.618 e. The van der Waals surface area contributed by atoms with E-state index >= 15 is 0 Å². The minimum Gasteiger partial charge on any atom is -0.618 e. The predicted molar refractivity (Wildman–Crippen MR) is 116 cm³/mol. The van der Waals surface area contributed by atoms with Gasteiger partial charge in [0.2, 0.25) is 11.6 Å². The van der Waals surface area contributed by atoms with Crippen LogP contribution in [-0.2, 0) is 9.36 Å². The van der Waals surface area contributed by atoms with Gasteiger partial charge in [0.1, 0.15) is 0 Å². The van der Waals surface area contributed by atoms with E-state index in [1.165, 1.54) is 6.20 Å². The van der Waals surface area contributed by atoms with Gasteiger partial charge in [0.15, 0.2) is 19.0 Å². The minimum atomic E-state index is -3.53. The number of rotatable bonds is 7. The Kier molecular flexibility index (Phi) is 6.50. The first kappa shape index (κ1) is 20.8. The van der Waals surface area contributed by atoms with Crippen LogP contribution in [0, 0.1) is 5.21 Å². The molecule has 0 spiro atoms. The molecule has 6 heteroatoms. The summed E-state index contributed by atoms with van der Waals surface area (Å²) in [5.74, 6) is -0.304. The van der Waals surface area contributed by atoms with Gasteiger partial charge in [0.05, 0.1) is 0 Å². The molecule has 1 heterocycles. The van der Waals surface area contributed by atoms with Crippen LogP contribution >= 0.6 is 7.14 Å². The second-order valence-electron chi connectivity index (χ2n) is 6.69. The number of carbonyl (C=O) groups is 1. The van der Waals surface area contributed by atoms with Gasteiger partial charge in [0, 0.05) is 35.8 Å². The van der Waals surface area contributed by atoms with E-state index in [1.54, 1.807) is 71.6 Å². The molecule has 0 saturated heterocycles. The summed E-state index contributed by atoms with van der Waals surface area (Å²) in [6.45, 7) is 4.71. The number of pyridine rings is 1. The van der Waals surface area contributed by atoms with Crippen molar-refractivity contribution in [3.63, 3.8) is 0 Å². The van der Waals surface area contributed by atoms with Gasteiger partial charge < -0.3 is 14.7 Å². The fraction of sp³-hybridized carbons (Fsp3) is 0.217. The van der Waals surface area contributed by atoms with Crippen LogP contribution in [-0.4, -0.2) is 23.9 Å². The van der Waals surface area contributed by atoms with Crippen LogP contribution in [0.3, 0.4) is 0 Å². The van der Waals surface area contributed by atoms with Gasteiger partial charge >= 0.3 is 0 Å². The molecule has 1 amide bonds. The first-order chi connectivity index (χ1) is 14.0. The van der Waals surface area contributed by atoms with Crippen molar-refractivity contribution < 1.29 is 14.1 Å². The van der Waals surface area contributed by atoms with Gasteiger partial charge in [0.25, 0.3) is 0 Å². The van der Waals surface area contributed by atoms with Crippen LogP contribution in [0.25, 0.3) is 0 Å². The average Bonchev–Trinajstić information content (AvgIpc) is 2.77. The summed E-state index contributed by atoms with van der Waals surface area (Å²) < 4.78 is 15.5. The summed E-state index contributed by atoms with van der Waals surface area (Å²) in [5, 5.41) is 13.8. The molecule has 5 nitrogen and oxygen atoms in total. The molecular formula is C23H25N2O3P. The molecule has 29 heavy (non-hydrogen) atoms. The Morgan fingerprint density at radius 2 is 1.38 bits per heavy atom. The van der Waals surface area contributed by atoms with Crippen molar-refractivity contribution in [2.24, 2.45) is 0 Å². The first-order valence-electron chi connectivity index (χ1n) is 9.71.